The minimum Gasteiger partial charge on any atom is -0.481 e. The quantitative estimate of drug-likeness (QED) is 0.0653. The molecule has 0 unspecified atom stereocenters. The maximum absolute atomic E-state index is 12.8. The maximum Gasteiger partial charge on any atom is 0.305 e. The number of nitrogens with two attached hydrogens (primary N) is 1. The molecule has 0 radical (unpaired) electrons. The number of carbonyl (C=O) groups excluding carboxylic acids is 5. The van der Waals surface area contributed by atoms with Gasteiger partial charge in [-0.3, -0.25) is 38.4 Å². The van der Waals surface area contributed by atoms with Crippen LogP contribution in [0.2, 0.25) is 0 Å². The van der Waals surface area contributed by atoms with Gasteiger partial charge >= 0.3 is 17.9 Å². The van der Waals surface area contributed by atoms with E-state index >= 15 is 0 Å². The van der Waals surface area contributed by atoms with Crippen LogP contribution in [0.5, 0.6) is 0 Å². The summed E-state index contributed by atoms with van der Waals surface area (Å²) in [5.41, 5.74) is 5.77. The number of hydrogen-bond acceptors (Lipinski definition) is 10. The summed E-state index contributed by atoms with van der Waals surface area (Å²) in [6, 6.07) is -7.86. The summed E-state index contributed by atoms with van der Waals surface area (Å²) < 4.78 is 0. The van der Waals surface area contributed by atoms with Crippen molar-refractivity contribution in [2.45, 2.75) is 76.2 Å². The molecule has 10 N–H and O–H groups in total. The monoisotopic (exact) mass is 593 g/mol. The third-order valence-corrected chi connectivity index (χ3v) is 5.47. The number of carboxylic acid groups (broad SMARTS) is 3. The predicted molar refractivity (Wildman–Crippen MR) is 138 cm³/mol. The zero-order chi connectivity index (χ0) is 31.2. The van der Waals surface area contributed by atoms with Crippen molar-refractivity contribution in [2.24, 2.45) is 11.7 Å². The molecule has 18 heteroatoms. The summed E-state index contributed by atoms with van der Waals surface area (Å²) >= 11 is 3.47. The van der Waals surface area contributed by atoms with Crippen LogP contribution in [0.25, 0.3) is 0 Å². The summed E-state index contributed by atoms with van der Waals surface area (Å²) in [6.07, 6.45) is -2.77. The Hall–Kier alpha value is -3.77. The number of nitrogens with one attached hydrogen (secondary N) is 4. The van der Waals surface area contributed by atoms with Crippen molar-refractivity contribution in [1.82, 2.24) is 21.3 Å². The second kappa shape index (κ2) is 17.7. The number of amides is 4. The zero-order valence-corrected chi connectivity index (χ0v) is 22.7. The van der Waals surface area contributed by atoms with Crippen LogP contribution in [0.3, 0.4) is 0 Å². The number of thiol groups is 1. The smallest absolute Gasteiger partial charge is 0.305 e. The molecule has 0 aliphatic rings. The lowest BCUT2D eigenvalue weighted by Crippen LogP contribution is -2.59. The predicted octanol–water partition coefficient (Wildman–Crippen LogP) is -3.44. The van der Waals surface area contributed by atoms with Crippen molar-refractivity contribution < 1.29 is 58.8 Å². The third-order valence-electron chi connectivity index (χ3n) is 5.16. The van der Waals surface area contributed by atoms with Gasteiger partial charge in [-0.05, 0) is 18.8 Å². The average molecular weight is 594 g/mol. The Morgan fingerprint density at radius 2 is 1.10 bits per heavy atom. The van der Waals surface area contributed by atoms with Crippen molar-refractivity contribution in [1.29, 1.82) is 0 Å². The van der Waals surface area contributed by atoms with Gasteiger partial charge in [0.25, 0.3) is 0 Å². The third kappa shape index (κ3) is 14.4. The zero-order valence-electron chi connectivity index (χ0n) is 21.8. The van der Waals surface area contributed by atoms with Crippen LogP contribution in [-0.2, 0) is 38.4 Å². The van der Waals surface area contributed by atoms with E-state index in [0.717, 1.165) is 0 Å². The molecule has 0 rings (SSSR count). The van der Waals surface area contributed by atoms with Gasteiger partial charge < -0.3 is 47.4 Å². The molecule has 5 atom stereocenters. The molecule has 226 valence electrons. The fourth-order valence-corrected chi connectivity index (χ4v) is 3.36. The average Bonchev–Trinajstić information content (AvgIpc) is 2.82. The van der Waals surface area contributed by atoms with Gasteiger partial charge in [0.1, 0.15) is 24.2 Å². The molecular formula is C22H35N5O12S. The van der Waals surface area contributed by atoms with Gasteiger partial charge in [-0.2, -0.15) is 0 Å². The van der Waals surface area contributed by atoms with E-state index < -0.39 is 109 Å². The molecule has 0 saturated carbocycles. The van der Waals surface area contributed by atoms with E-state index in [-0.39, 0.29) is 12.3 Å². The molecule has 0 heterocycles. The number of aliphatic hydroxyl groups is 1. The first-order valence-electron chi connectivity index (χ1n) is 11.9. The van der Waals surface area contributed by atoms with Gasteiger partial charge in [0.2, 0.25) is 28.7 Å². The molecule has 40 heavy (non-hydrogen) atoms. The Bertz CT molecular complexity index is 976. The van der Waals surface area contributed by atoms with Crippen molar-refractivity contribution in [2.75, 3.05) is 6.61 Å². The first-order valence-corrected chi connectivity index (χ1v) is 12.4. The van der Waals surface area contributed by atoms with Gasteiger partial charge in [-0.1, -0.05) is 13.8 Å². The molecule has 4 amide bonds. The molecule has 0 saturated heterocycles. The molecular weight excluding hydrogens is 558 g/mol. The van der Waals surface area contributed by atoms with Crippen molar-refractivity contribution in [3.05, 3.63) is 0 Å². The van der Waals surface area contributed by atoms with Crippen LogP contribution in [-0.4, -0.2) is 104 Å². The molecule has 0 aromatic heterocycles. The Morgan fingerprint density at radius 1 is 0.675 bits per heavy atom. The molecule has 0 aliphatic heterocycles. The van der Waals surface area contributed by atoms with Crippen LogP contribution in [0.4, 0.5) is 0 Å². The van der Waals surface area contributed by atoms with Crippen molar-refractivity contribution in [3.63, 3.8) is 0 Å². The highest BCUT2D eigenvalue weighted by Crippen LogP contribution is 2.06. The second-order valence-electron chi connectivity index (χ2n) is 9.13. The molecule has 0 spiro atoms. The highest BCUT2D eigenvalue weighted by molar-refractivity contribution is 7.96. The van der Waals surface area contributed by atoms with E-state index in [0.29, 0.717) is 0 Å². The van der Waals surface area contributed by atoms with Crippen LogP contribution in [0, 0.1) is 5.92 Å². The molecule has 0 aliphatic carbocycles. The summed E-state index contributed by atoms with van der Waals surface area (Å²) in [5, 5.41) is 43.9. The van der Waals surface area contributed by atoms with Crippen LogP contribution in [0.15, 0.2) is 0 Å². The Labute approximate surface area is 234 Å². The number of rotatable bonds is 19. The lowest BCUT2D eigenvalue weighted by atomic mass is 10.0. The molecule has 0 fully saturated rings. The van der Waals surface area contributed by atoms with Crippen molar-refractivity contribution in [3.8, 4) is 0 Å². The molecule has 17 nitrogen and oxygen atoms in total. The Morgan fingerprint density at radius 3 is 1.55 bits per heavy atom. The standard InChI is InChI=1S/C22H35N5O12S/c1-9(2)5-10(23)18(35)25-12(6-16(31)32)20(37)24-11(3-4-15(29)30)19(36)27-14(8-28)21(38)26-13(22(39)40)7-17(33)34/h9-14,28H,3-8,23H2,1-2H3,(H,24,37)(H,25,35)(H,26,38)(H,27,36)(H,29,30)(H,31,32)(H,33,34)(H,39,40)/t10-,11-,12-,13-,14-/m0/s1. The van der Waals surface area contributed by atoms with Gasteiger partial charge in [-0.15, -0.1) is 12.6 Å². The highest BCUT2D eigenvalue weighted by atomic mass is 32.1. The van der Waals surface area contributed by atoms with Gasteiger partial charge in [0, 0.05) is 6.42 Å². The van der Waals surface area contributed by atoms with Crippen LogP contribution >= 0.6 is 12.6 Å². The topological polar surface area (TPSA) is 292 Å². The number of carboxylic acids is 3. The highest BCUT2D eigenvalue weighted by Gasteiger charge is 2.32. The van der Waals surface area contributed by atoms with Crippen LogP contribution < -0.4 is 27.0 Å². The summed E-state index contributed by atoms with van der Waals surface area (Å²) in [4.78, 5) is 95.2. The summed E-state index contributed by atoms with van der Waals surface area (Å²) in [7, 11) is 0. The number of hydrogen-bond donors (Lipinski definition) is 10. The fourth-order valence-electron chi connectivity index (χ4n) is 3.20. The lowest BCUT2D eigenvalue weighted by Gasteiger charge is -2.25. The van der Waals surface area contributed by atoms with E-state index in [1.165, 1.54) is 0 Å². The molecule has 0 aromatic carbocycles. The second-order valence-corrected chi connectivity index (χ2v) is 9.57. The number of carbonyl (C=O) groups is 8. The van der Waals surface area contributed by atoms with E-state index in [1.54, 1.807) is 13.8 Å². The van der Waals surface area contributed by atoms with E-state index in [1.807, 2.05) is 10.6 Å². The Kier molecular flexibility index (Phi) is 16.1. The minimum absolute atomic E-state index is 0.00134. The summed E-state index contributed by atoms with van der Waals surface area (Å²) in [5.74, 6) is -8.71. The SMILES string of the molecule is CC(C)C[C@H](N)C(=O)N[C@@H](CC(=O)O)C(=O)N[C@@H](CCC(=O)O)C(=O)N[C@@H](CO)C(=O)N[C@@H](CC(=O)O)C(=O)S. The van der Waals surface area contributed by atoms with E-state index in [4.69, 9.17) is 21.1 Å². The van der Waals surface area contributed by atoms with Gasteiger partial charge in [0.15, 0.2) is 0 Å². The minimum atomic E-state index is -1.77. The maximum atomic E-state index is 12.8. The molecule has 0 aromatic rings. The molecule has 0 bridgehead atoms. The number of aliphatic carboxylic acids is 3. The first kappa shape index (κ1) is 36.2. The van der Waals surface area contributed by atoms with Gasteiger partial charge in [-0.25, -0.2) is 0 Å². The fraction of sp³-hybridized carbons (Fsp3) is 0.636. The Balaban J connectivity index is 5.75. The van der Waals surface area contributed by atoms with E-state index in [2.05, 4.69) is 23.3 Å². The summed E-state index contributed by atoms with van der Waals surface area (Å²) in [6.45, 7) is 2.51. The van der Waals surface area contributed by atoms with E-state index in [9.17, 15) is 43.5 Å². The normalized spacial score (nSPS) is 14.6. The largest absolute Gasteiger partial charge is 0.481 e. The van der Waals surface area contributed by atoms with Crippen LogP contribution in [0.1, 0.15) is 46.0 Å². The first-order chi connectivity index (χ1) is 18.5. The van der Waals surface area contributed by atoms with Gasteiger partial charge in [0.05, 0.1) is 25.5 Å². The van der Waals surface area contributed by atoms with Crippen molar-refractivity contribution >= 4 is 59.3 Å². The lowest BCUT2D eigenvalue weighted by molar-refractivity contribution is -0.142. The number of aliphatic hydroxyl groups excluding tert-OH is 1.